The number of aromatic nitrogens is 1. The van der Waals surface area contributed by atoms with Gasteiger partial charge in [0, 0.05) is 11.6 Å². The molecule has 2 aromatic heterocycles. The second-order valence-corrected chi connectivity index (χ2v) is 5.60. The molecule has 0 spiro atoms. The first kappa shape index (κ1) is 11.1. The lowest BCUT2D eigenvalue weighted by Crippen LogP contribution is -2.15. The normalized spacial score (nSPS) is 11.9. The molecule has 0 aliphatic heterocycles. The minimum absolute atomic E-state index is 0.267. The Morgan fingerprint density at radius 2 is 2.31 bits per heavy atom. The zero-order valence-electron chi connectivity index (χ0n) is 9.23. The van der Waals surface area contributed by atoms with Gasteiger partial charge in [-0.1, -0.05) is 13.8 Å². The van der Waals surface area contributed by atoms with E-state index in [1.165, 1.54) is 11.3 Å². The third-order valence-corrected chi connectivity index (χ3v) is 3.55. The maximum Gasteiger partial charge on any atom is 0.138 e. The number of aldehydes is 1. The van der Waals surface area contributed by atoms with E-state index in [1.54, 1.807) is 12.3 Å². The van der Waals surface area contributed by atoms with E-state index in [2.05, 4.69) is 4.98 Å². The molecular formula is C12H13NO2S. The number of fused-ring (bicyclic) bond motifs is 1. The minimum Gasteiger partial charge on any atom is -0.506 e. The summed E-state index contributed by atoms with van der Waals surface area (Å²) < 4.78 is 0. The molecule has 0 unspecified atom stereocenters. The molecule has 1 N–H and O–H groups in total. The summed E-state index contributed by atoms with van der Waals surface area (Å²) in [5.74, 6) is 0.267. The molecule has 0 radical (unpaired) electrons. The first-order chi connectivity index (χ1) is 7.53. The molecule has 3 nitrogen and oxygen atoms in total. The van der Waals surface area contributed by atoms with Gasteiger partial charge in [0.05, 0.1) is 10.3 Å². The Hall–Kier alpha value is -1.42. The third-order valence-electron chi connectivity index (χ3n) is 2.45. The average Bonchev–Trinajstić information content (AvgIpc) is 2.56. The van der Waals surface area contributed by atoms with Crippen molar-refractivity contribution >= 4 is 27.8 Å². The Balaban J connectivity index is 2.46. The van der Waals surface area contributed by atoms with Gasteiger partial charge in [-0.05, 0) is 18.6 Å². The lowest BCUT2D eigenvalue weighted by atomic mass is 9.90. The summed E-state index contributed by atoms with van der Waals surface area (Å²) in [6, 6.07) is 3.63. The molecule has 0 bridgehead atoms. The first-order valence-corrected chi connectivity index (χ1v) is 5.87. The molecule has 2 aromatic rings. The van der Waals surface area contributed by atoms with Gasteiger partial charge in [-0.25, -0.2) is 4.98 Å². The second-order valence-electron chi connectivity index (χ2n) is 4.51. The fraction of sp³-hybridized carbons (Fsp3) is 0.333. The first-order valence-electron chi connectivity index (χ1n) is 5.05. The molecule has 0 atom stereocenters. The van der Waals surface area contributed by atoms with Crippen LogP contribution in [-0.2, 0) is 11.2 Å². The van der Waals surface area contributed by atoms with Gasteiger partial charge < -0.3 is 9.90 Å². The Labute approximate surface area is 97.8 Å². The van der Waals surface area contributed by atoms with Crippen molar-refractivity contribution in [1.29, 1.82) is 0 Å². The standard InChI is InChI=1S/C12H13NO2S/c1-12(2,7-14)6-9-10(15)8-4-3-5-13-11(8)16-9/h3-5,7,15H,6H2,1-2H3. The van der Waals surface area contributed by atoms with Crippen molar-refractivity contribution in [3.05, 3.63) is 23.2 Å². The van der Waals surface area contributed by atoms with Crippen molar-refractivity contribution in [2.24, 2.45) is 5.41 Å². The molecule has 84 valence electrons. The van der Waals surface area contributed by atoms with Crippen LogP contribution in [0.1, 0.15) is 18.7 Å². The molecule has 0 amide bonds. The largest absolute Gasteiger partial charge is 0.506 e. The maximum atomic E-state index is 10.9. The van der Waals surface area contributed by atoms with Crippen LogP contribution in [0.15, 0.2) is 18.3 Å². The zero-order valence-corrected chi connectivity index (χ0v) is 10.0. The number of rotatable bonds is 3. The van der Waals surface area contributed by atoms with E-state index in [9.17, 15) is 9.90 Å². The van der Waals surface area contributed by atoms with Gasteiger partial charge in [0.1, 0.15) is 16.9 Å². The molecule has 0 fully saturated rings. The van der Waals surface area contributed by atoms with Gasteiger partial charge in [0.25, 0.3) is 0 Å². The van der Waals surface area contributed by atoms with Crippen molar-refractivity contribution < 1.29 is 9.90 Å². The molecule has 2 rings (SSSR count). The lowest BCUT2D eigenvalue weighted by molar-refractivity contribution is -0.114. The molecule has 0 saturated heterocycles. The third kappa shape index (κ3) is 1.93. The van der Waals surface area contributed by atoms with Crippen LogP contribution in [0.2, 0.25) is 0 Å². The van der Waals surface area contributed by atoms with E-state index < -0.39 is 5.41 Å². The Bertz CT molecular complexity index is 531. The van der Waals surface area contributed by atoms with Gasteiger partial charge >= 0.3 is 0 Å². The SMILES string of the molecule is CC(C)(C=O)Cc1sc2ncccc2c1O. The summed E-state index contributed by atoms with van der Waals surface area (Å²) in [5.41, 5.74) is -0.446. The zero-order chi connectivity index (χ0) is 11.8. The number of thiophene rings is 1. The molecule has 0 aromatic carbocycles. The van der Waals surface area contributed by atoms with Crippen LogP contribution < -0.4 is 0 Å². The number of hydrogen-bond acceptors (Lipinski definition) is 4. The summed E-state index contributed by atoms with van der Waals surface area (Å²) in [5, 5.41) is 10.8. The van der Waals surface area contributed by atoms with E-state index in [1.807, 2.05) is 19.9 Å². The Morgan fingerprint density at radius 3 is 2.94 bits per heavy atom. The summed E-state index contributed by atoms with van der Waals surface area (Å²) in [6.07, 6.45) is 3.17. The van der Waals surface area contributed by atoms with Crippen molar-refractivity contribution in [2.75, 3.05) is 0 Å². The topological polar surface area (TPSA) is 50.2 Å². The fourth-order valence-electron chi connectivity index (χ4n) is 1.54. The molecular weight excluding hydrogens is 222 g/mol. The van der Waals surface area contributed by atoms with E-state index in [0.717, 1.165) is 21.4 Å². The highest BCUT2D eigenvalue weighted by Crippen LogP contribution is 2.38. The molecule has 2 heterocycles. The number of nitrogens with zero attached hydrogens (tertiary/aromatic N) is 1. The summed E-state index contributed by atoms with van der Waals surface area (Å²) in [4.78, 5) is 16.7. The number of carbonyl (C=O) groups excluding carboxylic acids is 1. The average molecular weight is 235 g/mol. The Morgan fingerprint density at radius 1 is 1.56 bits per heavy atom. The van der Waals surface area contributed by atoms with Gasteiger partial charge in [-0.15, -0.1) is 11.3 Å². The van der Waals surface area contributed by atoms with Crippen LogP contribution in [0.4, 0.5) is 0 Å². The van der Waals surface area contributed by atoms with Crippen molar-refractivity contribution in [1.82, 2.24) is 4.98 Å². The van der Waals surface area contributed by atoms with E-state index >= 15 is 0 Å². The monoisotopic (exact) mass is 235 g/mol. The van der Waals surface area contributed by atoms with Crippen LogP contribution in [-0.4, -0.2) is 16.4 Å². The predicted molar refractivity (Wildman–Crippen MR) is 64.8 cm³/mol. The van der Waals surface area contributed by atoms with Crippen LogP contribution >= 0.6 is 11.3 Å². The number of hydrogen-bond donors (Lipinski definition) is 1. The van der Waals surface area contributed by atoms with Crippen molar-refractivity contribution in [3.63, 3.8) is 0 Å². The van der Waals surface area contributed by atoms with E-state index in [-0.39, 0.29) is 5.75 Å². The molecule has 0 aliphatic carbocycles. The summed E-state index contributed by atoms with van der Waals surface area (Å²) in [7, 11) is 0. The van der Waals surface area contributed by atoms with Gasteiger partial charge in [0.15, 0.2) is 0 Å². The van der Waals surface area contributed by atoms with Crippen molar-refractivity contribution in [2.45, 2.75) is 20.3 Å². The lowest BCUT2D eigenvalue weighted by Gasteiger charge is -2.14. The van der Waals surface area contributed by atoms with Crippen LogP contribution in [0.3, 0.4) is 0 Å². The summed E-state index contributed by atoms with van der Waals surface area (Å²) in [6.45, 7) is 3.72. The Kier molecular flexibility index (Phi) is 2.68. The van der Waals surface area contributed by atoms with E-state index in [4.69, 9.17) is 0 Å². The fourth-order valence-corrected chi connectivity index (χ4v) is 2.82. The smallest absolute Gasteiger partial charge is 0.138 e. The molecule has 4 heteroatoms. The predicted octanol–water partition coefficient (Wildman–Crippen LogP) is 2.77. The van der Waals surface area contributed by atoms with Gasteiger partial charge in [-0.3, -0.25) is 0 Å². The van der Waals surface area contributed by atoms with Crippen molar-refractivity contribution in [3.8, 4) is 5.75 Å². The number of carbonyl (C=O) groups is 1. The van der Waals surface area contributed by atoms with Gasteiger partial charge in [0.2, 0.25) is 0 Å². The highest BCUT2D eigenvalue weighted by atomic mass is 32.1. The highest BCUT2D eigenvalue weighted by molar-refractivity contribution is 7.19. The van der Waals surface area contributed by atoms with Crippen LogP contribution in [0.5, 0.6) is 5.75 Å². The molecule has 0 saturated carbocycles. The van der Waals surface area contributed by atoms with E-state index in [0.29, 0.717) is 6.42 Å². The highest BCUT2D eigenvalue weighted by Gasteiger charge is 2.22. The number of pyridine rings is 1. The molecule has 0 aliphatic rings. The minimum atomic E-state index is -0.446. The van der Waals surface area contributed by atoms with Crippen LogP contribution in [0.25, 0.3) is 10.2 Å². The molecule has 16 heavy (non-hydrogen) atoms. The van der Waals surface area contributed by atoms with Gasteiger partial charge in [-0.2, -0.15) is 0 Å². The quantitative estimate of drug-likeness (QED) is 0.832. The van der Waals surface area contributed by atoms with Crippen LogP contribution in [0, 0.1) is 5.41 Å². The second kappa shape index (κ2) is 3.87. The number of aromatic hydroxyl groups is 1. The summed E-state index contributed by atoms with van der Waals surface area (Å²) >= 11 is 1.45. The maximum absolute atomic E-state index is 10.9.